The number of pyridine rings is 1. The van der Waals surface area contributed by atoms with Gasteiger partial charge < -0.3 is 11.1 Å². The lowest BCUT2D eigenvalue weighted by Gasteiger charge is -2.35. The molecule has 4 aromatic rings. The van der Waals surface area contributed by atoms with Crippen molar-refractivity contribution in [1.82, 2.24) is 19.7 Å². The molecular weight excluding hydrogens is 396 g/mol. The molecule has 0 saturated carbocycles. The highest BCUT2D eigenvalue weighted by Gasteiger charge is 2.40. The van der Waals surface area contributed by atoms with Gasteiger partial charge in [0.15, 0.2) is 5.78 Å². The zero-order chi connectivity index (χ0) is 20.2. The van der Waals surface area contributed by atoms with Gasteiger partial charge in [-0.15, -0.1) is 16.4 Å². The van der Waals surface area contributed by atoms with Gasteiger partial charge in [-0.25, -0.2) is 4.68 Å². The van der Waals surface area contributed by atoms with E-state index in [4.69, 9.17) is 5.73 Å². The number of anilines is 2. The van der Waals surface area contributed by atoms with Crippen LogP contribution in [0.3, 0.4) is 0 Å². The third-order valence-corrected chi connectivity index (χ3v) is 6.89. The topological polar surface area (TPSA) is 98.7 Å². The van der Waals surface area contributed by atoms with Crippen LogP contribution in [0, 0.1) is 0 Å². The molecular formula is C22H18N6OS. The minimum absolute atomic E-state index is 0.132. The maximum Gasteiger partial charge on any atom is 0.241 e. The minimum atomic E-state index is -0.384. The number of carbonyl (C=O) groups excluding carboxylic acids is 1. The van der Waals surface area contributed by atoms with E-state index < -0.39 is 0 Å². The Hall–Kier alpha value is -3.52. The normalized spacial score (nSPS) is 20.7. The van der Waals surface area contributed by atoms with Crippen LogP contribution in [0.4, 0.5) is 11.9 Å². The predicted octanol–water partition coefficient (Wildman–Crippen LogP) is 3.89. The van der Waals surface area contributed by atoms with Gasteiger partial charge in [0.1, 0.15) is 6.04 Å². The predicted molar refractivity (Wildman–Crippen MR) is 116 cm³/mol. The lowest BCUT2D eigenvalue weighted by atomic mass is 9.79. The number of rotatable bonds is 2. The van der Waals surface area contributed by atoms with Crippen molar-refractivity contribution in [3.05, 3.63) is 75.8 Å². The van der Waals surface area contributed by atoms with E-state index >= 15 is 0 Å². The quantitative estimate of drug-likeness (QED) is 0.516. The van der Waals surface area contributed by atoms with Crippen molar-refractivity contribution < 1.29 is 4.79 Å². The largest absolute Gasteiger partial charge is 0.366 e. The number of benzene rings is 1. The molecule has 0 radical (unpaired) electrons. The second kappa shape index (κ2) is 6.50. The maximum absolute atomic E-state index is 13.5. The number of thiophene rings is 1. The van der Waals surface area contributed by atoms with Gasteiger partial charge >= 0.3 is 0 Å². The van der Waals surface area contributed by atoms with Crippen LogP contribution in [0.1, 0.15) is 35.2 Å². The van der Waals surface area contributed by atoms with Gasteiger partial charge in [0.05, 0.1) is 5.52 Å². The molecule has 148 valence electrons. The molecule has 30 heavy (non-hydrogen) atoms. The van der Waals surface area contributed by atoms with E-state index in [1.807, 2.05) is 36.4 Å². The fourth-order valence-electron chi connectivity index (χ4n) is 4.60. The summed E-state index contributed by atoms with van der Waals surface area (Å²) in [6.45, 7) is 0. The first-order valence-corrected chi connectivity index (χ1v) is 10.7. The molecule has 0 spiro atoms. The standard InChI is InChI=1S/C22H18N6OS/c23-21-26-22-25-16-10-12(18-6-3-9-30-18)11-17(29)19(16)20(28(22)27-21)14-7-8-24-15-5-2-1-4-13(14)15/h1-9,12,20H,10-11H2,(H3,23,25,26,27)/t12-,20-/m0/s1. The van der Waals surface area contributed by atoms with E-state index in [2.05, 4.69) is 31.8 Å². The Kier molecular flexibility index (Phi) is 3.76. The Morgan fingerprint density at radius 2 is 2.03 bits per heavy atom. The van der Waals surface area contributed by atoms with Gasteiger partial charge in [-0.3, -0.25) is 9.78 Å². The number of hydrogen-bond acceptors (Lipinski definition) is 7. The second-order valence-electron chi connectivity index (χ2n) is 7.62. The van der Waals surface area contributed by atoms with Crippen LogP contribution in [0.5, 0.6) is 0 Å². The minimum Gasteiger partial charge on any atom is -0.366 e. The number of nitrogens with zero attached hydrogens (tertiary/aromatic N) is 4. The molecule has 7 nitrogen and oxygen atoms in total. The first-order valence-electron chi connectivity index (χ1n) is 9.81. The van der Waals surface area contributed by atoms with Crippen molar-refractivity contribution in [2.75, 3.05) is 11.1 Å². The summed E-state index contributed by atoms with van der Waals surface area (Å²) in [4.78, 5) is 23.6. The van der Waals surface area contributed by atoms with Crippen molar-refractivity contribution in [3.8, 4) is 0 Å². The summed E-state index contributed by atoms with van der Waals surface area (Å²) < 4.78 is 1.74. The molecule has 0 fully saturated rings. The van der Waals surface area contributed by atoms with Crippen molar-refractivity contribution in [2.45, 2.75) is 24.8 Å². The van der Waals surface area contributed by atoms with Gasteiger partial charge in [-0.1, -0.05) is 24.3 Å². The summed E-state index contributed by atoms with van der Waals surface area (Å²) in [6.07, 6.45) is 3.02. The SMILES string of the molecule is Nc1nc2n(n1)[C@@H](c1ccnc3ccccc13)C1=C(C[C@H](c3cccs3)CC1=O)N2. The van der Waals surface area contributed by atoms with Crippen molar-refractivity contribution in [3.63, 3.8) is 0 Å². The molecule has 0 amide bonds. The Balaban J connectivity index is 1.56. The number of aromatic nitrogens is 4. The highest BCUT2D eigenvalue weighted by Crippen LogP contribution is 2.45. The molecule has 3 aromatic heterocycles. The summed E-state index contributed by atoms with van der Waals surface area (Å²) in [7, 11) is 0. The van der Waals surface area contributed by atoms with Gasteiger partial charge in [-0.2, -0.15) is 4.98 Å². The molecule has 4 heterocycles. The fraction of sp³-hybridized carbons (Fsp3) is 0.182. The van der Waals surface area contributed by atoms with E-state index in [0.29, 0.717) is 12.4 Å². The van der Waals surface area contributed by atoms with E-state index in [1.54, 1.807) is 22.2 Å². The monoisotopic (exact) mass is 414 g/mol. The van der Waals surface area contributed by atoms with Crippen LogP contribution in [-0.4, -0.2) is 25.5 Å². The number of nitrogen functional groups attached to an aromatic ring is 1. The van der Waals surface area contributed by atoms with Crippen LogP contribution in [0.15, 0.2) is 65.3 Å². The number of para-hydroxylation sites is 1. The number of allylic oxidation sites excluding steroid dienone is 2. The molecule has 8 heteroatoms. The molecule has 2 atom stereocenters. The van der Waals surface area contributed by atoms with E-state index in [9.17, 15) is 4.79 Å². The average Bonchev–Trinajstić information content (AvgIpc) is 3.41. The number of fused-ring (bicyclic) bond motifs is 2. The first kappa shape index (κ1) is 17.3. The smallest absolute Gasteiger partial charge is 0.241 e. The average molecular weight is 414 g/mol. The summed E-state index contributed by atoms with van der Waals surface area (Å²) in [6, 6.07) is 13.7. The van der Waals surface area contributed by atoms with Gasteiger partial charge in [-0.05, 0) is 35.6 Å². The Morgan fingerprint density at radius 1 is 1.13 bits per heavy atom. The van der Waals surface area contributed by atoms with Crippen molar-refractivity contribution >= 4 is 39.9 Å². The number of nitrogens with one attached hydrogen (secondary N) is 1. The third kappa shape index (κ3) is 2.57. The van der Waals surface area contributed by atoms with Gasteiger partial charge in [0, 0.05) is 40.1 Å². The second-order valence-corrected chi connectivity index (χ2v) is 8.60. The zero-order valence-electron chi connectivity index (χ0n) is 15.9. The fourth-order valence-corrected chi connectivity index (χ4v) is 5.43. The molecule has 1 aliphatic heterocycles. The molecule has 3 N–H and O–H groups in total. The zero-order valence-corrected chi connectivity index (χ0v) is 16.8. The van der Waals surface area contributed by atoms with Crippen LogP contribution in [-0.2, 0) is 4.79 Å². The van der Waals surface area contributed by atoms with Crippen molar-refractivity contribution in [1.29, 1.82) is 0 Å². The summed E-state index contributed by atoms with van der Waals surface area (Å²) in [5.41, 5.74) is 9.46. The number of Topliss-reactive ketones (excluding diaryl/α,β-unsaturated/α-hetero) is 1. The Bertz CT molecular complexity index is 1320. The number of nitrogens with two attached hydrogens (primary N) is 1. The summed E-state index contributed by atoms with van der Waals surface area (Å²) in [5.74, 6) is 1.05. The van der Waals surface area contributed by atoms with Crippen LogP contribution in [0.2, 0.25) is 0 Å². The van der Waals surface area contributed by atoms with Gasteiger partial charge in [0.25, 0.3) is 0 Å². The first-order chi connectivity index (χ1) is 14.7. The number of carbonyl (C=O) groups is 1. The highest BCUT2D eigenvalue weighted by atomic mass is 32.1. The molecule has 0 saturated heterocycles. The van der Waals surface area contributed by atoms with Crippen LogP contribution >= 0.6 is 11.3 Å². The molecule has 1 aromatic carbocycles. The summed E-state index contributed by atoms with van der Waals surface area (Å²) >= 11 is 1.70. The lowest BCUT2D eigenvalue weighted by molar-refractivity contribution is -0.116. The molecule has 2 aliphatic rings. The summed E-state index contributed by atoms with van der Waals surface area (Å²) in [5, 5.41) is 10.8. The molecule has 6 rings (SSSR count). The molecule has 0 unspecified atom stereocenters. The van der Waals surface area contributed by atoms with E-state index in [-0.39, 0.29) is 23.7 Å². The van der Waals surface area contributed by atoms with E-state index in [1.165, 1.54) is 4.88 Å². The maximum atomic E-state index is 13.5. The highest BCUT2D eigenvalue weighted by molar-refractivity contribution is 7.10. The lowest BCUT2D eigenvalue weighted by Crippen LogP contribution is -2.33. The molecule has 1 aliphatic carbocycles. The van der Waals surface area contributed by atoms with Gasteiger partial charge in [0.2, 0.25) is 11.9 Å². The number of ketones is 1. The third-order valence-electron chi connectivity index (χ3n) is 5.86. The number of hydrogen-bond donors (Lipinski definition) is 2. The molecule has 0 bridgehead atoms. The Labute approximate surface area is 176 Å². The van der Waals surface area contributed by atoms with E-state index in [0.717, 1.165) is 34.2 Å². The Morgan fingerprint density at radius 3 is 2.90 bits per heavy atom. The van der Waals surface area contributed by atoms with Crippen LogP contribution < -0.4 is 11.1 Å². The van der Waals surface area contributed by atoms with Crippen LogP contribution in [0.25, 0.3) is 10.9 Å². The van der Waals surface area contributed by atoms with Crippen molar-refractivity contribution in [2.24, 2.45) is 0 Å².